The zero-order valence-corrected chi connectivity index (χ0v) is 8.66. The van der Waals surface area contributed by atoms with E-state index >= 15 is 0 Å². The predicted octanol–water partition coefficient (Wildman–Crippen LogP) is 2.64. The smallest absolute Gasteiger partial charge is 0.218 e. The van der Waals surface area contributed by atoms with Gasteiger partial charge in [-0.15, -0.1) is 0 Å². The normalized spacial score (nSPS) is 5.19. The van der Waals surface area contributed by atoms with Crippen LogP contribution in [0, 0.1) is 0 Å². The summed E-state index contributed by atoms with van der Waals surface area (Å²) in [5, 5.41) is 15.1. The van der Waals surface area contributed by atoms with Crippen LogP contribution < -0.4 is 0 Å². The highest BCUT2D eigenvalue weighted by molar-refractivity contribution is 5.72. The average molecular weight is 243 g/mol. The lowest BCUT2D eigenvalue weighted by Gasteiger charge is -2.02. The third-order valence-corrected chi connectivity index (χ3v) is 0.630. The lowest BCUT2D eigenvalue weighted by Crippen LogP contribution is -2.17. The van der Waals surface area contributed by atoms with Crippen molar-refractivity contribution in [1.82, 2.24) is 4.90 Å². The molecule has 0 aromatic heterocycles. The van der Waals surface area contributed by atoms with E-state index in [4.69, 9.17) is 10.2 Å². The number of amides is 1. The lowest BCUT2D eigenvalue weighted by molar-refractivity contribution is -0.126. The number of hydrogen-bond acceptors (Lipinski definition) is 3. The zero-order valence-electron chi connectivity index (χ0n) is 8.66. The summed E-state index contributed by atoms with van der Waals surface area (Å²) >= 11 is 0. The largest absolute Gasteiger partial charge is 0.397 e. The van der Waals surface area contributed by atoms with Gasteiger partial charge in [-0.25, -0.2) is 0 Å². The zero-order chi connectivity index (χ0) is 10.6. The van der Waals surface area contributed by atoms with Crippen LogP contribution in [0.3, 0.4) is 0 Å². The van der Waals surface area contributed by atoms with Gasteiger partial charge in [-0.1, -0.05) is 29.7 Å². The van der Waals surface area contributed by atoms with E-state index in [0.717, 1.165) is 0 Å². The number of hydrogen-bond donors (Lipinski definition) is 2. The second-order valence-electron chi connectivity index (χ2n) is 2.05. The Kier molecular flexibility index (Phi) is 134. The van der Waals surface area contributed by atoms with Crippen molar-refractivity contribution >= 4 is 5.91 Å². The van der Waals surface area contributed by atoms with Crippen LogP contribution in [0.15, 0.2) is 0 Å². The van der Waals surface area contributed by atoms with Crippen LogP contribution in [0.2, 0.25) is 0 Å². The van der Waals surface area contributed by atoms with Gasteiger partial charge in [0.05, 0.1) is 0 Å². The fourth-order valence-electron chi connectivity index (χ4n) is 0. The molecule has 16 heavy (non-hydrogen) atoms. The molecular formula is C12H37NO3. The molecule has 0 aliphatic heterocycles. The van der Waals surface area contributed by atoms with Crippen LogP contribution in [-0.4, -0.2) is 48.3 Å². The minimum Gasteiger partial charge on any atom is -0.397 e. The second kappa shape index (κ2) is 47.2. The van der Waals surface area contributed by atoms with Gasteiger partial charge in [-0.2, -0.15) is 0 Å². The van der Waals surface area contributed by atoms with Crippen molar-refractivity contribution in [3.63, 3.8) is 0 Å². The SMILES string of the molecule is C.C.C.C.CC(=O)N(C)C.CCO.CCO. The minimum atomic E-state index is 0. The van der Waals surface area contributed by atoms with E-state index in [-0.39, 0.29) is 48.8 Å². The highest BCUT2D eigenvalue weighted by atomic mass is 16.3. The van der Waals surface area contributed by atoms with Crippen LogP contribution in [0.25, 0.3) is 0 Å². The van der Waals surface area contributed by atoms with Crippen molar-refractivity contribution < 1.29 is 15.0 Å². The highest BCUT2D eigenvalue weighted by Gasteiger charge is 1.87. The standard InChI is InChI=1S/C4H9NO.2C2H6O.4CH4/c1-4(6)5(2)3;2*1-2-3;;;;/h1-3H3;2*3H,2H2,1H3;4*1H4. The number of nitrogens with zero attached hydrogens (tertiary/aromatic N) is 1. The number of carbonyl (C=O) groups is 1. The topological polar surface area (TPSA) is 60.8 Å². The van der Waals surface area contributed by atoms with Crippen LogP contribution in [0.1, 0.15) is 50.5 Å². The maximum atomic E-state index is 10.1. The van der Waals surface area contributed by atoms with E-state index in [0.29, 0.717) is 0 Å². The first-order valence-corrected chi connectivity index (χ1v) is 3.87. The molecule has 1 amide bonds. The number of aliphatic hydroxyl groups is 2. The molecule has 108 valence electrons. The van der Waals surface area contributed by atoms with Gasteiger partial charge in [0.25, 0.3) is 0 Å². The van der Waals surface area contributed by atoms with Gasteiger partial charge in [-0.05, 0) is 13.8 Å². The molecule has 0 saturated carbocycles. The first-order chi connectivity index (χ1) is 5.47. The molecule has 0 aliphatic carbocycles. The molecule has 0 aromatic rings. The van der Waals surface area contributed by atoms with Crippen molar-refractivity contribution in [2.75, 3.05) is 27.3 Å². The van der Waals surface area contributed by atoms with Gasteiger partial charge < -0.3 is 15.1 Å². The van der Waals surface area contributed by atoms with Gasteiger partial charge >= 0.3 is 0 Å². The van der Waals surface area contributed by atoms with E-state index in [1.807, 2.05) is 0 Å². The molecule has 4 heteroatoms. The molecule has 0 unspecified atom stereocenters. The van der Waals surface area contributed by atoms with Crippen molar-refractivity contribution in [1.29, 1.82) is 0 Å². The Morgan fingerprint density at radius 2 is 1.00 bits per heavy atom. The Morgan fingerprint density at radius 3 is 1.00 bits per heavy atom. The molecule has 0 rings (SSSR count). The number of rotatable bonds is 0. The summed E-state index contributed by atoms with van der Waals surface area (Å²) in [6, 6.07) is 0. The molecule has 0 atom stereocenters. The van der Waals surface area contributed by atoms with Crippen LogP contribution in [-0.2, 0) is 4.79 Å². The van der Waals surface area contributed by atoms with E-state index in [1.165, 1.54) is 11.8 Å². The molecule has 0 bridgehead atoms. The van der Waals surface area contributed by atoms with E-state index in [9.17, 15) is 4.79 Å². The molecule has 0 fully saturated rings. The Hall–Kier alpha value is -0.610. The monoisotopic (exact) mass is 243 g/mol. The molecule has 0 spiro atoms. The summed E-state index contributed by atoms with van der Waals surface area (Å²) in [5.41, 5.74) is 0. The minimum absolute atomic E-state index is 0. The Morgan fingerprint density at radius 1 is 0.938 bits per heavy atom. The maximum absolute atomic E-state index is 10.1. The first-order valence-electron chi connectivity index (χ1n) is 3.87. The van der Waals surface area contributed by atoms with Crippen LogP contribution >= 0.6 is 0 Å². The van der Waals surface area contributed by atoms with Crippen molar-refractivity contribution in [2.45, 2.75) is 50.5 Å². The predicted molar refractivity (Wildman–Crippen MR) is 76.8 cm³/mol. The summed E-state index contributed by atoms with van der Waals surface area (Å²) in [7, 11) is 3.45. The van der Waals surface area contributed by atoms with Gasteiger partial charge in [0.1, 0.15) is 0 Å². The average Bonchev–Trinajstić information content (AvgIpc) is 1.90. The van der Waals surface area contributed by atoms with Crippen LogP contribution in [0.5, 0.6) is 0 Å². The molecule has 0 saturated heterocycles. The van der Waals surface area contributed by atoms with E-state index in [2.05, 4.69) is 0 Å². The summed E-state index contributed by atoms with van der Waals surface area (Å²) in [5.74, 6) is 0.0926. The third kappa shape index (κ3) is 179. The summed E-state index contributed by atoms with van der Waals surface area (Å²) in [6.45, 7) is 5.39. The maximum Gasteiger partial charge on any atom is 0.218 e. The Labute approximate surface area is 104 Å². The molecule has 0 radical (unpaired) electrons. The highest BCUT2D eigenvalue weighted by Crippen LogP contribution is 1.69. The fraction of sp³-hybridized carbons (Fsp3) is 0.917. The lowest BCUT2D eigenvalue weighted by atomic mass is 10.7. The third-order valence-electron chi connectivity index (χ3n) is 0.630. The van der Waals surface area contributed by atoms with Crippen molar-refractivity contribution in [3.05, 3.63) is 0 Å². The molecule has 0 heterocycles. The molecule has 2 N–H and O–H groups in total. The summed E-state index contributed by atoms with van der Waals surface area (Å²) in [4.78, 5) is 11.6. The van der Waals surface area contributed by atoms with Gasteiger partial charge in [0.15, 0.2) is 0 Å². The quantitative estimate of drug-likeness (QED) is 0.687. The molecule has 0 aromatic carbocycles. The van der Waals surface area contributed by atoms with Crippen LogP contribution in [0.4, 0.5) is 0 Å². The molecule has 4 nitrogen and oxygen atoms in total. The first kappa shape index (κ1) is 45.3. The van der Waals surface area contributed by atoms with Gasteiger partial charge in [0.2, 0.25) is 5.91 Å². The van der Waals surface area contributed by atoms with Gasteiger partial charge in [-0.3, -0.25) is 4.79 Å². The summed E-state index contributed by atoms with van der Waals surface area (Å²) in [6.07, 6.45) is 0. The number of carbonyl (C=O) groups excluding carboxylic acids is 1. The molecule has 0 aliphatic rings. The van der Waals surface area contributed by atoms with E-state index in [1.54, 1.807) is 27.9 Å². The Bertz CT molecular complexity index is 84.3. The van der Waals surface area contributed by atoms with E-state index < -0.39 is 0 Å². The molecular weight excluding hydrogens is 206 g/mol. The van der Waals surface area contributed by atoms with Gasteiger partial charge in [0, 0.05) is 34.2 Å². The van der Waals surface area contributed by atoms with Crippen molar-refractivity contribution in [2.24, 2.45) is 0 Å². The van der Waals surface area contributed by atoms with Crippen molar-refractivity contribution in [3.8, 4) is 0 Å². The number of aliphatic hydroxyl groups excluding tert-OH is 2. The second-order valence-corrected chi connectivity index (χ2v) is 2.05. The summed E-state index contributed by atoms with van der Waals surface area (Å²) < 4.78 is 0. The Balaban J connectivity index is -0.0000000145. The fourth-order valence-corrected chi connectivity index (χ4v) is 0.